The van der Waals surface area contributed by atoms with Crippen LogP contribution in [-0.4, -0.2) is 40.8 Å². The Labute approximate surface area is 188 Å². The van der Waals surface area contributed by atoms with Crippen LogP contribution in [0.1, 0.15) is 44.1 Å². The number of carbonyl (C=O) groups is 2. The molecule has 1 aromatic carbocycles. The number of thiazole rings is 1. The van der Waals surface area contributed by atoms with E-state index in [1.54, 1.807) is 0 Å². The third-order valence-corrected chi connectivity index (χ3v) is 7.83. The molecule has 0 atom stereocenters. The summed E-state index contributed by atoms with van der Waals surface area (Å²) in [5, 5.41) is 3.94. The lowest BCUT2D eigenvalue weighted by molar-refractivity contribution is 0.0702. The van der Waals surface area contributed by atoms with E-state index < -0.39 is 0 Å². The summed E-state index contributed by atoms with van der Waals surface area (Å²) >= 11 is 8.91. The highest BCUT2D eigenvalue weighted by atomic mass is 35.5. The lowest BCUT2D eigenvalue weighted by Gasteiger charge is -2.32. The fraction of sp³-hybridized carbons (Fsp3) is 0.318. The van der Waals surface area contributed by atoms with Crippen LogP contribution in [0.5, 0.6) is 0 Å². The van der Waals surface area contributed by atoms with Crippen molar-refractivity contribution in [2.45, 2.75) is 32.7 Å². The Morgan fingerprint density at radius 2 is 1.83 bits per heavy atom. The van der Waals surface area contributed by atoms with Crippen molar-refractivity contribution in [3.8, 4) is 9.88 Å². The lowest BCUT2D eigenvalue weighted by atomic mass is 10.0. The van der Waals surface area contributed by atoms with Crippen molar-refractivity contribution in [1.82, 2.24) is 15.2 Å². The SMILES string of the molecule is Cc1ccccc1C(=O)NC1CCN(C(=O)c2sc(-c3ccc(Cl)s3)nc2C)CC1. The number of hydrogen-bond donors (Lipinski definition) is 1. The molecule has 4 rings (SSSR count). The fourth-order valence-corrected chi connectivity index (χ4v) is 5.72. The number of likely N-dealkylation sites (tertiary alicyclic amines) is 1. The van der Waals surface area contributed by atoms with Gasteiger partial charge in [0.2, 0.25) is 0 Å². The Morgan fingerprint density at radius 1 is 1.10 bits per heavy atom. The first-order valence-corrected chi connectivity index (χ1v) is 11.8. The van der Waals surface area contributed by atoms with Gasteiger partial charge < -0.3 is 10.2 Å². The molecule has 0 radical (unpaired) electrons. The maximum absolute atomic E-state index is 13.1. The number of hydrogen-bond acceptors (Lipinski definition) is 5. The van der Waals surface area contributed by atoms with E-state index in [2.05, 4.69) is 10.3 Å². The molecule has 5 nitrogen and oxygen atoms in total. The average molecular weight is 460 g/mol. The summed E-state index contributed by atoms with van der Waals surface area (Å²) in [6.07, 6.45) is 1.49. The molecule has 0 saturated carbocycles. The molecule has 156 valence electrons. The van der Waals surface area contributed by atoms with Crippen LogP contribution in [-0.2, 0) is 0 Å². The highest BCUT2D eigenvalue weighted by molar-refractivity contribution is 7.24. The summed E-state index contributed by atoms with van der Waals surface area (Å²) < 4.78 is 0.709. The topological polar surface area (TPSA) is 62.3 Å². The smallest absolute Gasteiger partial charge is 0.265 e. The molecule has 2 amide bonds. The Bertz CT molecular complexity index is 1080. The van der Waals surface area contributed by atoms with E-state index in [1.165, 1.54) is 22.7 Å². The first kappa shape index (κ1) is 21.0. The second-order valence-corrected chi connectivity index (χ2v) is 10.1. The predicted octanol–water partition coefficient (Wildman–Crippen LogP) is 5.18. The number of amides is 2. The minimum atomic E-state index is -0.0459. The van der Waals surface area contributed by atoms with Gasteiger partial charge in [0, 0.05) is 24.7 Å². The minimum absolute atomic E-state index is 0.0163. The van der Waals surface area contributed by atoms with Crippen LogP contribution in [0.15, 0.2) is 36.4 Å². The van der Waals surface area contributed by atoms with E-state index in [0.29, 0.717) is 27.9 Å². The van der Waals surface area contributed by atoms with E-state index in [-0.39, 0.29) is 17.9 Å². The molecule has 1 saturated heterocycles. The van der Waals surface area contributed by atoms with Gasteiger partial charge in [0.1, 0.15) is 9.88 Å². The standard InChI is InChI=1S/C22H22ClN3O2S2/c1-13-5-3-4-6-16(13)20(27)25-15-9-11-26(12-10-15)22(28)19-14(2)24-21(30-19)17-7-8-18(23)29-17/h3-8,15H,9-12H2,1-2H3,(H,25,27). The molecule has 3 aromatic rings. The van der Waals surface area contributed by atoms with Gasteiger partial charge in [0.05, 0.1) is 14.9 Å². The molecule has 1 aliphatic heterocycles. The molecular formula is C22H22ClN3O2S2. The molecule has 0 bridgehead atoms. The van der Waals surface area contributed by atoms with Crippen molar-refractivity contribution in [3.05, 3.63) is 62.4 Å². The largest absolute Gasteiger partial charge is 0.349 e. The molecule has 8 heteroatoms. The lowest BCUT2D eigenvalue weighted by Crippen LogP contribution is -2.46. The summed E-state index contributed by atoms with van der Waals surface area (Å²) in [4.78, 5) is 33.7. The number of nitrogens with zero attached hydrogens (tertiary/aromatic N) is 2. The Kier molecular flexibility index (Phi) is 6.22. The summed E-state index contributed by atoms with van der Waals surface area (Å²) in [5.41, 5.74) is 2.42. The van der Waals surface area contributed by atoms with Crippen molar-refractivity contribution in [1.29, 1.82) is 0 Å². The maximum Gasteiger partial charge on any atom is 0.265 e. The summed E-state index contributed by atoms with van der Waals surface area (Å²) in [6, 6.07) is 11.4. The number of nitrogens with one attached hydrogen (secondary N) is 1. The third-order valence-electron chi connectivity index (χ3n) is 5.28. The van der Waals surface area contributed by atoms with Crippen LogP contribution in [0, 0.1) is 13.8 Å². The number of aromatic nitrogens is 1. The monoisotopic (exact) mass is 459 g/mol. The number of carbonyl (C=O) groups excluding carboxylic acids is 2. The van der Waals surface area contributed by atoms with Crippen molar-refractivity contribution >= 4 is 46.1 Å². The van der Waals surface area contributed by atoms with Crippen molar-refractivity contribution in [2.75, 3.05) is 13.1 Å². The number of halogens is 1. The third kappa shape index (κ3) is 4.43. The van der Waals surface area contributed by atoms with Gasteiger partial charge in [-0.25, -0.2) is 4.98 Å². The van der Waals surface area contributed by atoms with Crippen LogP contribution < -0.4 is 5.32 Å². The first-order valence-electron chi connectivity index (χ1n) is 9.81. The summed E-state index contributed by atoms with van der Waals surface area (Å²) in [6.45, 7) is 5.05. The highest BCUT2D eigenvalue weighted by Gasteiger charge is 2.27. The first-order chi connectivity index (χ1) is 14.4. The van der Waals surface area contributed by atoms with Gasteiger partial charge in [0.15, 0.2) is 0 Å². The van der Waals surface area contributed by atoms with Crippen LogP contribution in [0.2, 0.25) is 4.34 Å². The van der Waals surface area contributed by atoms with Gasteiger partial charge in [-0.3, -0.25) is 9.59 Å². The Balaban J connectivity index is 1.37. The van der Waals surface area contributed by atoms with Gasteiger partial charge >= 0.3 is 0 Å². The van der Waals surface area contributed by atoms with Gasteiger partial charge in [-0.15, -0.1) is 22.7 Å². The zero-order valence-electron chi connectivity index (χ0n) is 16.8. The zero-order chi connectivity index (χ0) is 21.3. The molecule has 30 heavy (non-hydrogen) atoms. The van der Waals surface area contributed by atoms with Crippen molar-refractivity contribution in [3.63, 3.8) is 0 Å². The Hall–Kier alpha value is -2.22. The summed E-state index contributed by atoms with van der Waals surface area (Å²) in [5.74, 6) is -0.0296. The van der Waals surface area contributed by atoms with E-state index in [0.717, 1.165) is 34.0 Å². The maximum atomic E-state index is 13.1. The van der Waals surface area contributed by atoms with Gasteiger partial charge in [-0.2, -0.15) is 0 Å². The van der Waals surface area contributed by atoms with Crippen LogP contribution in [0.25, 0.3) is 9.88 Å². The highest BCUT2D eigenvalue weighted by Crippen LogP contribution is 2.35. The second-order valence-electron chi connectivity index (χ2n) is 7.39. The molecule has 1 fully saturated rings. The van der Waals surface area contributed by atoms with Gasteiger partial charge in [-0.05, 0) is 50.5 Å². The summed E-state index contributed by atoms with van der Waals surface area (Å²) in [7, 11) is 0. The molecule has 3 heterocycles. The molecule has 1 aliphatic rings. The average Bonchev–Trinajstić information content (AvgIpc) is 3.34. The van der Waals surface area contributed by atoms with E-state index >= 15 is 0 Å². The van der Waals surface area contributed by atoms with Crippen molar-refractivity contribution in [2.24, 2.45) is 0 Å². The fourth-order valence-electron chi connectivity index (χ4n) is 3.59. The number of benzene rings is 1. The Morgan fingerprint density at radius 3 is 2.50 bits per heavy atom. The predicted molar refractivity (Wildman–Crippen MR) is 123 cm³/mol. The van der Waals surface area contributed by atoms with E-state index in [4.69, 9.17) is 11.6 Å². The van der Waals surface area contributed by atoms with Crippen LogP contribution in [0.3, 0.4) is 0 Å². The van der Waals surface area contributed by atoms with Crippen LogP contribution in [0.4, 0.5) is 0 Å². The molecular weight excluding hydrogens is 438 g/mol. The number of piperidine rings is 1. The molecule has 2 aromatic heterocycles. The number of thiophene rings is 1. The van der Waals surface area contributed by atoms with Gasteiger partial charge in [0.25, 0.3) is 11.8 Å². The molecule has 1 N–H and O–H groups in total. The van der Waals surface area contributed by atoms with Gasteiger partial charge in [-0.1, -0.05) is 29.8 Å². The quantitative estimate of drug-likeness (QED) is 0.585. The number of aryl methyl sites for hydroxylation is 2. The van der Waals surface area contributed by atoms with Crippen molar-refractivity contribution < 1.29 is 9.59 Å². The van der Waals surface area contributed by atoms with Crippen LogP contribution >= 0.6 is 34.3 Å². The normalized spacial score (nSPS) is 14.7. The van der Waals surface area contributed by atoms with E-state index in [1.807, 2.05) is 55.1 Å². The van der Waals surface area contributed by atoms with E-state index in [9.17, 15) is 9.59 Å². The molecule has 0 unspecified atom stereocenters. The second kappa shape index (κ2) is 8.88. The molecule has 0 spiro atoms. The number of rotatable bonds is 4. The minimum Gasteiger partial charge on any atom is -0.349 e. The zero-order valence-corrected chi connectivity index (χ0v) is 19.2. The molecule has 0 aliphatic carbocycles.